The summed E-state index contributed by atoms with van der Waals surface area (Å²) in [5, 5.41) is 3.01. The van der Waals surface area contributed by atoms with Crippen molar-refractivity contribution in [3.8, 4) is 0 Å². The Morgan fingerprint density at radius 1 is 1.35 bits per heavy atom. The van der Waals surface area contributed by atoms with E-state index in [1.54, 1.807) is 11.3 Å². The summed E-state index contributed by atoms with van der Waals surface area (Å²) in [6.07, 6.45) is 0. The van der Waals surface area contributed by atoms with Crippen LogP contribution >= 0.6 is 11.3 Å². The van der Waals surface area contributed by atoms with Crippen LogP contribution in [0.2, 0.25) is 0 Å². The standard InChI is InChI=1S/C14H17NOS/c1-9(2)11(7-15)14(16)12-8-17-13-6-4-3-5-10(12)13/h3-6,8-9,11H,7,15H2,1-2H3. The van der Waals surface area contributed by atoms with Crippen molar-refractivity contribution < 1.29 is 4.79 Å². The van der Waals surface area contributed by atoms with E-state index in [2.05, 4.69) is 0 Å². The Hall–Kier alpha value is -1.19. The van der Waals surface area contributed by atoms with Crippen LogP contribution in [0, 0.1) is 11.8 Å². The minimum Gasteiger partial charge on any atom is -0.330 e. The molecule has 3 heteroatoms. The summed E-state index contributed by atoms with van der Waals surface area (Å²) in [6.45, 7) is 4.51. The minimum atomic E-state index is -0.0759. The van der Waals surface area contributed by atoms with E-state index in [9.17, 15) is 4.79 Å². The number of thiophene rings is 1. The Bertz CT molecular complexity index is 530. The normalized spacial score (nSPS) is 13.2. The number of benzene rings is 1. The van der Waals surface area contributed by atoms with Gasteiger partial charge in [0.05, 0.1) is 0 Å². The molecule has 0 aliphatic rings. The zero-order chi connectivity index (χ0) is 12.4. The largest absolute Gasteiger partial charge is 0.330 e. The Labute approximate surface area is 105 Å². The SMILES string of the molecule is CC(C)C(CN)C(=O)c1csc2ccccc12. The Kier molecular flexibility index (Phi) is 3.60. The lowest BCUT2D eigenvalue weighted by Crippen LogP contribution is -2.28. The summed E-state index contributed by atoms with van der Waals surface area (Å²) in [7, 11) is 0. The molecule has 2 rings (SSSR count). The van der Waals surface area contributed by atoms with Gasteiger partial charge in [0.15, 0.2) is 5.78 Å². The fourth-order valence-corrected chi connectivity index (χ4v) is 3.00. The van der Waals surface area contributed by atoms with Crippen LogP contribution in [0.3, 0.4) is 0 Å². The van der Waals surface area contributed by atoms with Gasteiger partial charge in [-0.3, -0.25) is 4.79 Å². The fraction of sp³-hybridized carbons (Fsp3) is 0.357. The third-order valence-electron chi connectivity index (χ3n) is 3.14. The molecule has 2 aromatic rings. The quantitative estimate of drug-likeness (QED) is 0.842. The molecule has 0 aliphatic carbocycles. The number of ketones is 1. The van der Waals surface area contributed by atoms with Gasteiger partial charge in [0.2, 0.25) is 0 Å². The molecule has 2 N–H and O–H groups in total. The van der Waals surface area contributed by atoms with E-state index in [-0.39, 0.29) is 17.6 Å². The first-order chi connectivity index (χ1) is 8.15. The first kappa shape index (κ1) is 12.3. The van der Waals surface area contributed by atoms with E-state index in [1.807, 2.05) is 43.5 Å². The predicted molar refractivity (Wildman–Crippen MR) is 73.5 cm³/mol. The van der Waals surface area contributed by atoms with Crippen molar-refractivity contribution in [1.82, 2.24) is 0 Å². The van der Waals surface area contributed by atoms with Crippen LogP contribution in [0.15, 0.2) is 29.6 Å². The van der Waals surface area contributed by atoms with Crippen LogP contribution in [-0.4, -0.2) is 12.3 Å². The lowest BCUT2D eigenvalue weighted by atomic mass is 9.88. The fourth-order valence-electron chi connectivity index (χ4n) is 2.05. The lowest BCUT2D eigenvalue weighted by Gasteiger charge is -2.16. The van der Waals surface area contributed by atoms with E-state index in [1.165, 1.54) is 0 Å². The van der Waals surface area contributed by atoms with Crippen molar-refractivity contribution in [1.29, 1.82) is 0 Å². The zero-order valence-electron chi connectivity index (χ0n) is 10.1. The van der Waals surface area contributed by atoms with Crippen molar-refractivity contribution >= 4 is 27.2 Å². The monoisotopic (exact) mass is 247 g/mol. The van der Waals surface area contributed by atoms with Gasteiger partial charge in [-0.15, -0.1) is 11.3 Å². The second kappa shape index (κ2) is 4.98. The third kappa shape index (κ3) is 2.26. The van der Waals surface area contributed by atoms with Gasteiger partial charge in [0.25, 0.3) is 0 Å². The molecule has 1 atom stereocenters. The van der Waals surface area contributed by atoms with Crippen LogP contribution < -0.4 is 5.73 Å². The van der Waals surface area contributed by atoms with Gasteiger partial charge in [-0.05, 0) is 12.0 Å². The first-order valence-electron chi connectivity index (χ1n) is 5.85. The van der Waals surface area contributed by atoms with Gasteiger partial charge in [0, 0.05) is 33.5 Å². The molecule has 0 aliphatic heterocycles. The van der Waals surface area contributed by atoms with Gasteiger partial charge < -0.3 is 5.73 Å². The molecule has 1 unspecified atom stereocenters. The number of Topliss-reactive ketones (excluding diaryl/α,β-unsaturated/α-hetero) is 1. The molecule has 0 amide bonds. The second-order valence-electron chi connectivity index (χ2n) is 4.60. The van der Waals surface area contributed by atoms with E-state index >= 15 is 0 Å². The Morgan fingerprint density at radius 3 is 2.71 bits per heavy atom. The summed E-state index contributed by atoms with van der Waals surface area (Å²) >= 11 is 1.62. The summed E-state index contributed by atoms with van der Waals surface area (Å²) in [6, 6.07) is 8.02. The lowest BCUT2D eigenvalue weighted by molar-refractivity contribution is 0.0894. The molecular weight excluding hydrogens is 230 g/mol. The molecule has 0 bridgehead atoms. The van der Waals surface area contributed by atoms with Crippen LogP contribution in [-0.2, 0) is 0 Å². The summed E-state index contributed by atoms with van der Waals surface area (Å²) in [4.78, 5) is 12.4. The highest BCUT2D eigenvalue weighted by Crippen LogP contribution is 2.28. The van der Waals surface area contributed by atoms with E-state index < -0.39 is 0 Å². The molecule has 1 heterocycles. The molecule has 17 heavy (non-hydrogen) atoms. The van der Waals surface area contributed by atoms with Crippen molar-refractivity contribution in [2.45, 2.75) is 13.8 Å². The van der Waals surface area contributed by atoms with Gasteiger partial charge in [-0.1, -0.05) is 32.0 Å². The maximum atomic E-state index is 12.4. The maximum Gasteiger partial charge on any atom is 0.168 e. The van der Waals surface area contributed by atoms with Gasteiger partial charge in [0.1, 0.15) is 0 Å². The number of carbonyl (C=O) groups excluding carboxylic acids is 1. The van der Waals surface area contributed by atoms with Gasteiger partial charge >= 0.3 is 0 Å². The smallest absolute Gasteiger partial charge is 0.168 e. The number of fused-ring (bicyclic) bond motifs is 1. The summed E-state index contributed by atoms with van der Waals surface area (Å²) in [5.74, 6) is 0.388. The highest BCUT2D eigenvalue weighted by atomic mass is 32.1. The Balaban J connectivity index is 2.43. The molecule has 1 aromatic heterocycles. The topological polar surface area (TPSA) is 43.1 Å². The molecule has 0 radical (unpaired) electrons. The van der Waals surface area contributed by atoms with Crippen molar-refractivity contribution in [2.75, 3.05) is 6.54 Å². The molecule has 0 fully saturated rings. The number of hydrogen-bond acceptors (Lipinski definition) is 3. The second-order valence-corrected chi connectivity index (χ2v) is 5.51. The number of nitrogens with two attached hydrogens (primary N) is 1. The van der Waals surface area contributed by atoms with Crippen LogP contribution in [0.4, 0.5) is 0 Å². The average molecular weight is 247 g/mol. The van der Waals surface area contributed by atoms with Crippen molar-refractivity contribution in [3.05, 3.63) is 35.2 Å². The van der Waals surface area contributed by atoms with Crippen molar-refractivity contribution in [3.63, 3.8) is 0 Å². The molecule has 0 saturated heterocycles. The number of hydrogen-bond donors (Lipinski definition) is 1. The van der Waals surface area contributed by atoms with E-state index in [0.717, 1.165) is 15.6 Å². The van der Waals surface area contributed by atoms with Crippen LogP contribution in [0.25, 0.3) is 10.1 Å². The van der Waals surface area contributed by atoms with Crippen LogP contribution in [0.1, 0.15) is 24.2 Å². The highest BCUT2D eigenvalue weighted by molar-refractivity contribution is 7.17. The molecule has 0 spiro atoms. The number of carbonyl (C=O) groups is 1. The van der Waals surface area contributed by atoms with Crippen molar-refractivity contribution in [2.24, 2.45) is 17.6 Å². The van der Waals surface area contributed by atoms with E-state index in [0.29, 0.717) is 6.54 Å². The molecule has 0 saturated carbocycles. The summed E-state index contributed by atoms with van der Waals surface area (Å²) < 4.78 is 1.16. The molecule has 90 valence electrons. The first-order valence-corrected chi connectivity index (χ1v) is 6.73. The summed E-state index contributed by atoms with van der Waals surface area (Å²) in [5.41, 5.74) is 6.54. The zero-order valence-corrected chi connectivity index (χ0v) is 11.0. The van der Waals surface area contributed by atoms with Gasteiger partial charge in [-0.25, -0.2) is 0 Å². The molecular formula is C14H17NOS. The Morgan fingerprint density at radius 2 is 2.06 bits per heavy atom. The predicted octanol–water partition coefficient (Wildman–Crippen LogP) is 3.31. The van der Waals surface area contributed by atoms with Crippen LogP contribution in [0.5, 0.6) is 0 Å². The third-order valence-corrected chi connectivity index (χ3v) is 4.11. The molecule has 1 aromatic carbocycles. The highest BCUT2D eigenvalue weighted by Gasteiger charge is 2.23. The average Bonchev–Trinajstić information content (AvgIpc) is 2.72. The van der Waals surface area contributed by atoms with Gasteiger partial charge in [-0.2, -0.15) is 0 Å². The minimum absolute atomic E-state index is 0.0759. The molecule has 2 nitrogen and oxygen atoms in total. The number of rotatable bonds is 4. The van der Waals surface area contributed by atoms with E-state index in [4.69, 9.17) is 5.73 Å². The maximum absolute atomic E-state index is 12.4.